The summed E-state index contributed by atoms with van der Waals surface area (Å²) in [6.07, 6.45) is 4.23. The Kier molecular flexibility index (Phi) is 5.06. The second-order valence-electron chi connectivity index (χ2n) is 6.57. The minimum absolute atomic E-state index is 0.0235. The first-order valence-corrected chi connectivity index (χ1v) is 7.82. The van der Waals surface area contributed by atoms with Crippen molar-refractivity contribution in [2.45, 2.75) is 45.6 Å². The summed E-state index contributed by atoms with van der Waals surface area (Å²) in [5.74, 6) is -0.424. The van der Waals surface area contributed by atoms with E-state index in [9.17, 15) is 9.59 Å². The molecule has 1 aliphatic carbocycles. The van der Waals surface area contributed by atoms with E-state index >= 15 is 0 Å². The van der Waals surface area contributed by atoms with Crippen LogP contribution in [0.25, 0.3) is 0 Å². The van der Waals surface area contributed by atoms with Gasteiger partial charge in [-0.15, -0.1) is 0 Å². The highest BCUT2D eigenvalue weighted by atomic mass is 16.2. The molecule has 0 saturated heterocycles. The van der Waals surface area contributed by atoms with Crippen LogP contribution in [-0.2, 0) is 11.2 Å². The van der Waals surface area contributed by atoms with Gasteiger partial charge in [0.1, 0.15) is 0 Å². The molecule has 0 saturated carbocycles. The SMILES string of the molecule is CC(C)(CNC(=O)NC1CCCCc2ccccc21)C(N)=O. The van der Waals surface area contributed by atoms with Crippen LogP contribution in [0.1, 0.15) is 50.3 Å². The smallest absolute Gasteiger partial charge is 0.315 e. The highest BCUT2D eigenvalue weighted by molar-refractivity contribution is 5.81. The molecule has 0 aromatic heterocycles. The number of nitrogens with two attached hydrogens (primary N) is 1. The monoisotopic (exact) mass is 303 g/mol. The molecular weight excluding hydrogens is 278 g/mol. The molecule has 5 nitrogen and oxygen atoms in total. The third-order valence-electron chi connectivity index (χ3n) is 4.28. The zero-order valence-corrected chi connectivity index (χ0v) is 13.3. The van der Waals surface area contributed by atoms with Crippen molar-refractivity contribution < 1.29 is 9.59 Å². The lowest BCUT2D eigenvalue weighted by Crippen LogP contribution is -2.46. The Balaban J connectivity index is 1.98. The maximum Gasteiger partial charge on any atom is 0.315 e. The fourth-order valence-corrected chi connectivity index (χ4v) is 2.67. The van der Waals surface area contributed by atoms with Crippen molar-refractivity contribution in [1.82, 2.24) is 10.6 Å². The predicted molar refractivity (Wildman–Crippen MR) is 86.2 cm³/mol. The summed E-state index contributed by atoms with van der Waals surface area (Å²) in [7, 11) is 0. The van der Waals surface area contributed by atoms with Gasteiger partial charge in [-0.05, 0) is 44.2 Å². The molecule has 3 amide bonds. The van der Waals surface area contributed by atoms with Crippen molar-refractivity contribution in [3.63, 3.8) is 0 Å². The molecule has 0 bridgehead atoms. The van der Waals surface area contributed by atoms with Gasteiger partial charge in [-0.25, -0.2) is 4.79 Å². The molecule has 4 N–H and O–H groups in total. The van der Waals surface area contributed by atoms with E-state index < -0.39 is 11.3 Å². The van der Waals surface area contributed by atoms with Crippen molar-refractivity contribution in [1.29, 1.82) is 0 Å². The van der Waals surface area contributed by atoms with E-state index in [0.29, 0.717) is 0 Å². The van der Waals surface area contributed by atoms with Gasteiger partial charge >= 0.3 is 6.03 Å². The number of nitrogens with one attached hydrogen (secondary N) is 2. The second kappa shape index (κ2) is 6.81. The third kappa shape index (κ3) is 4.00. The fraction of sp³-hybridized carbons (Fsp3) is 0.529. The van der Waals surface area contributed by atoms with Crippen LogP contribution in [0.3, 0.4) is 0 Å². The molecule has 2 rings (SSSR count). The quantitative estimate of drug-likeness (QED) is 0.745. The minimum Gasteiger partial charge on any atom is -0.369 e. The molecule has 5 heteroatoms. The second-order valence-corrected chi connectivity index (χ2v) is 6.57. The van der Waals surface area contributed by atoms with Gasteiger partial charge < -0.3 is 16.4 Å². The Morgan fingerprint density at radius 2 is 2.00 bits per heavy atom. The van der Waals surface area contributed by atoms with Gasteiger partial charge in [0, 0.05) is 6.54 Å². The van der Waals surface area contributed by atoms with Crippen molar-refractivity contribution >= 4 is 11.9 Å². The van der Waals surface area contributed by atoms with Gasteiger partial charge in [0.2, 0.25) is 5.91 Å². The van der Waals surface area contributed by atoms with Crippen LogP contribution in [0, 0.1) is 5.41 Å². The highest BCUT2D eigenvalue weighted by Crippen LogP contribution is 2.28. The van der Waals surface area contributed by atoms with Crippen molar-refractivity contribution in [3.05, 3.63) is 35.4 Å². The summed E-state index contributed by atoms with van der Waals surface area (Å²) in [4.78, 5) is 23.4. The predicted octanol–water partition coefficient (Wildman–Crippen LogP) is 2.26. The molecule has 0 aliphatic heterocycles. The first kappa shape index (κ1) is 16.3. The number of benzene rings is 1. The zero-order chi connectivity index (χ0) is 16.2. The molecule has 1 aromatic rings. The van der Waals surface area contributed by atoms with E-state index in [1.807, 2.05) is 12.1 Å². The van der Waals surface area contributed by atoms with Crippen LogP contribution in [0.5, 0.6) is 0 Å². The van der Waals surface area contributed by atoms with Crippen LogP contribution in [0.15, 0.2) is 24.3 Å². The summed E-state index contributed by atoms with van der Waals surface area (Å²) in [6.45, 7) is 3.66. The maximum atomic E-state index is 12.1. The minimum atomic E-state index is -0.751. The van der Waals surface area contributed by atoms with Gasteiger partial charge in [0.15, 0.2) is 0 Å². The fourth-order valence-electron chi connectivity index (χ4n) is 2.67. The standard InChI is InChI=1S/C17H25N3O2/c1-17(2,15(18)21)11-19-16(22)20-14-10-6-4-8-12-7-3-5-9-13(12)14/h3,5,7,9,14H,4,6,8,10-11H2,1-2H3,(H2,18,21)(H2,19,20,22). The molecule has 0 fully saturated rings. The molecule has 1 atom stereocenters. The zero-order valence-electron chi connectivity index (χ0n) is 13.3. The third-order valence-corrected chi connectivity index (χ3v) is 4.28. The number of amides is 3. The van der Waals surface area contributed by atoms with E-state index in [-0.39, 0.29) is 18.6 Å². The van der Waals surface area contributed by atoms with Crippen molar-refractivity contribution in [2.75, 3.05) is 6.54 Å². The number of carbonyl (C=O) groups excluding carboxylic acids is 2. The first-order chi connectivity index (χ1) is 10.4. The van der Waals surface area contributed by atoms with Crippen LogP contribution >= 0.6 is 0 Å². The lowest BCUT2D eigenvalue weighted by atomic mass is 9.93. The van der Waals surface area contributed by atoms with Crippen LogP contribution in [0.4, 0.5) is 4.79 Å². The van der Waals surface area contributed by atoms with E-state index in [2.05, 4.69) is 22.8 Å². The molecule has 1 unspecified atom stereocenters. The average molecular weight is 303 g/mol. The number of fused-ring (bicyclic) bond motifs is 1. The van der Waals surface area contributed by atoms with E-state index in [0.717, 1.165) is 25.7 Å². The van der Waals surface area contributed by atoms with Gasteiger partial charge in [-0.1, -0.05) is 30.7 Å². The molecule has 0 spiro atoms. The molecule has 0 radical (unpaired) electrons. The maximum absolute atomic E-state index is 12.1. The number of aryl methyl sites for hydroxylation is 1. The average Bonchev–Trinajstić information content (AvgIpc) is 2.68. The Labute approximate surface area is 131 Å². The van der Waals surface area contributed by atoms with E-state index in [1.54, 1.807) is 13.8 Å². The summed E-state index contributed by atoms with van der Waals surface area (Å²) in [5, 5.41) is 5.78. The molecular formula is C17H25N3O2. The Morgan fingerprint density at radius 3 is 2.73 bits per heavy atom. The largest absolute Gasteiger partial charge is 0.369 e. The van der Waals surface area contributed by atoms with E-state index in [1.165, 1.54) is 11.1 Å². The summed E-state index contributed by atoms with van der Waals surface area (Å²) in [5.41, 5.74) is 7.07. The lowest BCUT2D eigenvalue weighted by molar-refractivity contribution is -0.125. The summed E-state index contributed by atoms with van der Waals surface area (Å²) < 4.78 is 0. The van der Waals surface area contributed by atoms with E-state index in [4.69, 9.17) is 5.73 Å². The first-order valence-electron chi connectivity index (χ1n) is 7.82. The highest BCUT2D eigenvalue weighted by Gasteiger charge is 2.26. The molecule has 1 aromatic carbocycles. The number of hydrogen-bond donors (Lipinski definition) is 3. The van der Waals surface area contributed by atoms with Gasteiger partial charge in [0.25, 0.3) is 0 Å². The topological polar surface area (TPSA) is 84.2 Å². The van der Waals surface area contributed by atoms with Crippen molar-refractivity contribution in [3.8, 4) is 0 Å². The van der Waals surface area contributed by atoms with Gasteiger partial charge in [0.05, 0.1) is 11.5 Å². The van der Waals surface area contributed by atoms with Gasteiger partial charge in [-0.3, -0.25) is 4.79 Å². The summed E-state index contributed by atoms with van der Waals surface area (Å²) >= 11 is 0. The van der Waals surface area contributed by atoms with Crippen LogP contribution in [0.2, 0.25) is 0 Å². The number of rotatable bonds is 4. The number of hydrogen-bond acceptors (Lipinski definition) is 2. The Morgan fingerprint density at radius 1 is 1.27 bits per heavy atom. The molecule has 120 valence electrons. The lowest BCUT2D eigenvalue weighted by Gasteiger charge is -2.23. The number of carbonyl (C=O) groups is 2. The van der Waals surface area contributed by atoms with Crippen LogP contribution < -0.4 is 16.4 Å². The van der Waals surface area contributed by atoms with Gasteiger partial charge in [-0.2, -0.15) is 0 Å². The number of urea groups is 1. The van der Waals surface area contributed by atoms with Crippen molar-refractivity contribution in [2.24, 2.45) is 11.1 Å². The normalized spacial score (nSPS) is 18.0. The number of primary amides is 1. The molecule has 0 heterocycles. The summed E-state index contributed by atoms with van der Waals surface area (Å²) in [6, 6.07) is 8.03. The molecule has 22 heavy (non-hydrogen) atoms. The Hall–Kier alpha value is -2.04. The molecule has 1 aliphatic rings. The van der Waals surface area contributed by atoms with Crippen LogP contribution in [-0.4, -0.2) is 18.5 Å². The Bertz CT molecular complexity index is 555.